The molecule has 0 aromatic heterocycles. The number of ether oxygens (including phenoxy) is 3. The zero-order valence-electron chi connectivity index (χ0n) is 16.6. The third kappa shape index (κ3) is 3.28. The van der Waals surface area contributed by atoms with Crippen LogP contribution in [0.2, 0.25) is 0 Å². The van der Waals surface area contributed by atoms with E-state index in [4.69, 9.17) is 14.2 Å². The van der Waals surface area contributed by atoms with Crippen molar-refractivity contribution in [3.8, 4) is 17.2 Å². The molecule has 156 valence electrons. The van der Waals surface area contributed by atoms with Crippen LogP contribution in [-0.4, -0.2) is 50.1 Å². The van der Waals surface area contributed by atoms with Gasteiger partial charge in [-0.3, -0.25) is 14.5 Å². The van der Waals surface area contributed by atoms with Crippen LogP contribution >= 0.6 is 0 Å². The number of rotatable bonds is 5. The Bertz CT molecular complexity index is 1000. The van der Waals surface area contributed by atoms with Gasteiger partial charge >= 0.3 is 6.03 Å². The Balaban J connectivity index is 1.53. The van der Waals surface area contributed by atoms with Crippen LogP contribution < -0.4 is 24.8 Å². The highest BCUT2D eigenvalue weighted by Gasteiger charge is 2.55. The van der Waals surface area contributed by atoms with E-state index in [1.807, 2.05) is 0 Å². The number of urea groups is 1. The molecule has 1 atom stereocenters. The Morgan fingerprint density at radius 2 is 1.87 bits per heavy atom. The van der Waals surface area contributed by atoms with Crippen molar-refractivity contribution in [3.05, 3.63) is 48.0 Å². The molecule has 9 heteroatoms. The Labute approximate surface area is 172 Å². The molecule has 0 saturated carbocycles. The van der Waals surface area contributed by atoms with Crippen molar-refractivity contribution in [3.63, 3.8) is 0 Å². The number of fused-ring (bicyclic) bond motifs is 2. The first-order chi connectivity index (χ1) is 14.5. The number of para-hydroxylation sites is 1. The average Bonchev–Trinajstić information content (AvgIpc) is 2.98. The summed E-state index contributed by atoms with van der Waals surface area (Å²) >= 11 is 0. The SMILES string of the molecule is COc1cc(NC(=O)CN2C(=O)N[C@@]3(CCOc4ccccc43)C2=O)cc(OC)c1. The molecule has 0 aliphatic carbocycles. The van der Waals surface area contributed by atoms with Gasteiger partial charge in [0.25, 0.3) is 5.91 Å². The first-order valence-corrected chi connectivity index (χ1v) is 9.36. The average molecular weight is 411 g/mol. The second kappa shape index (κ2) is 7.58. The van der Waals surface area contributed by atoms with Crippen molar-refractivity contribution in [2.24, 2.45) is 0 Å². The first-order valence-electron chi connectivity index (χ1n) is 9.36. The predicted octanol–water partition coefficient (Wildman–Crippen LogP) is 1.87. The van der Waals surface area contributed by atoms with Gasteiger partial charge in [-0.15, -0.1) is 0 Å². The van der Waals surface area contributed by atoms with Crippen LogP contribution in [0.25, 0.3) is 0 Å². The van der Waals surface area contributed by atoms with E-state index in [0.29, 0.717) is 34.9 Å². The number of benzene rings is 2. The quantitative estimate of drug-likeness (QED) is 0.728. The highest BCUT2D eigenvalue weighted by Crippen LogP contribution is 2.40. The predicted molar refractivity (Wildman–Crippen MR) is 107 cm³/mol. The lowest BCUT2D eigenvalue weighted by atomic mass is 9.84. The van der Waals surface area contributed by atoms with Crippen LogP contribution in [0.4, 0.5) is 10.5 Å². The van der Waals surface area contributed by atoms with Gasteiger partial charge in [0.05, 0.1) is 20.8 Å². The molecule has 2 aromatic carbocycles. The Morgan fingerprint density at radius 1 is 1.17 bits per heavy atom. The molecular formula is C21H21N3O6. The monoisotopic (exact) mass is 411 g/mol. The van der Waals surface area contributed by atoms with Gasteiger partial charge in [0, 0.05) is 35.9 Å². The van der Waals surface area contributed by atoms with E-state index in [1.54, 1.807) is 42.5 Å². The molecule has 4 amide bonds. The number of methoxy groups -OCH3 is 2. The van der Waals surface area contributed by atoms with Crippen molar-refractivity contribution >= 4 is 23.5 Å². The molecule has 2 N–H and O–H groups in total. The number of carbonyl (C=O) groups is 3. The van der Waals surface area contributed by atoms with Crippen molar-refractivity contribution < 1.29 is 28.6 Å². The maximum Gasteiger partial charge on any atom is 0.325 e. The lowest BCUT2D eigenvalue weighted by Crippen LogP contribution is -2.48. The number of carbonyl (C=O) groups excluding carboxylic acids is 3. The van der Waals surface area contributed by atoms with Gasteiger partial charge in [0.2, 0.25) is 5.91 Å². The zero-order valence-corrected chi connectivity index (χ0v) is 16.6. The molecule has 0 bridgehead atoms. The van der Waals surface area contributed by atoms with Crippen LogP contribution in [-0.2, 0) is 15.1 Å². The van der Waals surface area contributed by atoms with Crippen LogP contribution in [0.1, 0.15) is 12.0 Å². The molecule has 1 spiro atoms. The molecule has 9 nitrogen and oxygen atoms in total. The van der Waals surface area contributed by atoms with Gasteiger partial charge in [0.15, 0.2) is 5.54 Å². The van der Waals surface area contributed by atoms with Crippen molar-refractivity contribution in [1.82, 2.24) is 10.2 Å². The fourth-order valence-electron chi connectivity index (χ4n) is 3.74. The summed E-state index contributed by atoms with van der Waals surface area (Å²) in [7, 11) is 3.00. The Hall–Kier alpha value is -3.75. The van der Waals surface area contributed by atoms with E-state index in [-0.39, 0.29) is 6.61 Å². The fraction of sp³-hybridized carbons (Fsp3) is 0.286. The number of hydrogen-bond donors (Lipinski definition) is 2. The highest BCUT2D eigenvalue weighted by molar-refractivity contribution is 6.10. The minimum Gasteiger partial charge on any atom is -0.497 e. The van der Waals surface area contributed by atoms with Crippen molar-refractivity contribution in [1.29, 1.82) is 0 Å². The normalized spacial score (nSPS) is 19.7. The second-order valence-corrected chi connectivity index (χ2v) is 6.97. The van der Waals surface area contributed by atoms with Gasteiger partial charge in [0.1, 0.15) is 23.8 Å². The number of amides is 4. The van der Waals surface area contributed by atoms with Crippen LogP contribution in [0.3, 0.4) is 0 Å². The van der Waals surface area contributed by atoms with E-state index in [0.717, 1.165) is 4.90 Å². The number of anilines is 1. The van der Waals surface area contributed by atoms with Crippen molar-refractivity contribution in [2.45, 2.75) is 12.0 Å². The lowest BCUT2D eigenvalue weighted by molar-refractivity contribution is -0.135. The Morgan fingerprint density at radius 3 is 2.57 bits per heavy atom. The second-order valence-electron chi connectivity index (χ2n) is 6.97. The molecular weight excluding hydrogens is 390 g/mol. The number of nitrogens with zero attached hydrogens (tertiary/aromatic N) is 1. The molecule has 2 heterocycles. The maximum absolute atomic E-state index is 13.2. The summed E-state index contributed by atoms with van der Waals surface area (Å²) in [6.07, 6.45) is 0.291. The molecule has 0 radical (unpaired) electrons. The Kier molecular flexibility index (Phi) is 4.94. The first kappa shape index (κ1) is 19.6. The van der Waals surface area contributed by atoms with Gasteiger partial charge in [-0.25, -0.2) is 4.79 Å². The van der Waals surface area contributed by atoms with Gasteiger partial charge < -0.3 is 24.8 Å². The summed E-state index contributed by atoms with van der Waals surface area (Å²) in [6.45, 7) is -0.137. The van der Waals surface area contributed by atoms with E-state index in [1.165, 1.54) is 14.2 Å². The van der Waals surface area contributed by atoms with E-state index in [9.17, 15) is 14.4 Å². The summed E-state index contributed by atoms with van der Waals surface area (Å²) in [5, 5.41) is 5.44. The summed E-state index contributed by atoms with van der Waals surface area (Å²) < 4.78 is 16.0. The van der Waals surface area contributed by atoms with Crippen LogP contribution in [0.15, 0.2) is 42.5 Å². The van der Waals surface area contributed by atoms with Crippen molar-refractivity contribution in [2.75, 3.05) is 32.7 Å². The molecule has 2 aliphatic rings. The van der Waals surface area contributed by atoms with E-state index >= 15 is 0 Å². The molecule has 0 unspecified atom stereocenters. The van der Waals surface area contributed by atoms with Crippen LogP contribution in [0, 0.1) is 0 Å². The highest BCUT2D eigenvalue weighted by atomic mass is 16.5. The largest absolute Gasteiger partial charge is 0.497 e. The van der Waals surface area contributed by atoms with Gasteiger partial charge in [-0.05, 0) is 6.07 Å². The van der Waals surface area contributed by atoms with E-state index < -0.39 is 29.9 Å². The molecule has 30 heavy (non-hydrogen) atoms. The van der Waals surface area contributed by atoms with Crippen LogP contribution in [0.5, 0.6) is 17.2 Å². The smallest absolute Gasteiger partial charge is 0.325 e. The molecule has 1 fully saturated rings. The van der Waals surface area contributed by atoms with Gasteiger partial charge in [-0.2, -0.15) is 0 Å². The number of hydrogen-bond acceptors (Lipinski definition) is 6. The minimum absolute atomic E-state index is 0.284. The van der Waals surface area contributed by atoms with E-state index in [2.05, 4.69) is 10.6 Å². The molecule has 2 aliphatic heterocycles. The number of nitrogens with one attached hydrogen (secondary N) is 2. The summed E-state index contributed by atoms with van der Waals surface area (Å²) in [5.41, 5.74) is -0.199. The third-order valence-electron chi connectivity index (χ3n) is 5.19. The van der Waals surface area contributed by atoms with Gasteiger partial charge in [-0.1, -0.05) is 18.2 Å². The maximum atomic E-state index is 13.2. The topological polar surface area (TPSA) is 106 Å². The lowest BCUT2D eigenvalue weighted by Gasteiger charge is -2.33. The zero-order chi connectivity index (χ0) is 21.3. The minimum atomic E-state index is -1.22. The third-order valence-corrected chi connectivity index (χ3v) is 5.19. The number of imide groups is 1. The summed E-state index contributed by atoms with van der Waals surface area (Å²) in [5.74, 6) is 0.551. The molecule has 4 rings (SSSR count). The fourth-order valence-corrected chi connectivity index (χ4v) is 3.74. The standard InChI is InChI=1S/C21H21N3O6/c1-28-14-9-13(10-15(11-14)29-2)22-18(25)12-24-19(26)21(23-20(24)27)7-8-30-17-6-4-3-5-16(17)21/h3-6,9-11H,7-8,12H2,1-2H3,(H,22,25)(H,23,27)/t21-/m1/s1. The molecule has 1 saturated heterocycles. The summed E-state index contributed by atoms with van der Waals surface area (Å²) in [6, 6.07) is 11.4. The summed E-state index contributed by atoms with van der Waals surface area (Å²) in [4.78, 5) is 39.3. The molecule has 2 aromatic rings.